The quantitative estimate of drug-likeness (QED) is 0.753. The highest BCUT2D eigenvalue weighted by molar-refractivity contribution is 6.36. The lowest BCUT2D eigenvalue weighted by Gasteiger charge is -2.18. The number of imide groups is 1. The van der Waals surface area contributed by atoms with Gasteiger partial charge in [-0.05, 0) is 61.2 Å². The molecule has 0 radical (unpaired) electrons. The van der Waals surface area contributed by atoms with Crippen LogP contribution in [0.15, 0.2) is 54.2 Å². The molecule has 4 rings (SSSR count). The highest BCUT2D eigenvalue weighted by Crippen LogP contribution is 2.31. The van der Waals surface area contributed by atoms with Gasteiger partial charge in [0, 0.05) is 31.0 Å². The van der Waals surface area contributed by atoms with E-state index in [1.54, 1.807) is 0 Å². The third-order valence-corrected chi connectivity index (χ3v) is 5.36. The van der Waals surface area contributed by atoms with Gasteiger partial charge in [0.15, 0.2) is 0 Å². The van der Waals surface area contributed by atoms with Gasteiger partial charge in [-0.15, -0.1) is 0 Å². The van der Waals surface area contributed by atoms with E-state index in [1.807, 2.05) is 31.2 Å². The molecule has 2 aliphatic heterocycles. The van der Waals surface area contributed by atoms with Gasteiger partial charge in [-0.3, -0.25) is 14.5 Å². The highest BCUT2D eigenvalue weighted by atomic mass is 19.1. The fourth-order valence-electron chi connectivity index (χ4n) is 3.88. The molecule has 0 spiro atoms. The van der Waals surface area contributed by atoms with Crippen molar-refractivity contribution >= 4 is 28.8 Å². The molecule has 0 unspecified atom stereocenters. The molecule has 0 saturated carbocycles. The Balaban J connectivity index is 1.66. The van der Waals surface area contributed by atoms with Crippen molar-refractivity contribution in [1.82, 2.24) is 4.90 Å². The molecule has 0 aromatic heterocycles. The molecule has 0 bridgehead atoms. The maximum absolute atomic E-state index is 13.4. The first-order valence-corrected chi connectivity index (χ1v) is 10.1. The molecule has 0 aliphatic carbocycles. The van der Waals surface area contributed by atoms with Crippen molar-refractivity contribution in [1.29, 1.82) is 0 Å². The van der Waals surface area contributed by atoms with Crippen molar-refractivity contribution in [2.75, 3.05) is 29.9 Å². The number of hydrogen-bond donors (Lipinski definition) is 1. The van der Waals surface area contributed by atoms with Crippen molar-refractivity contribution in [3.8, 4) is 0 Å². The fourth-order valence-corrected chi connectivity index (χ4v) is 3.88. The van der Waals surface area contributed by atoms with Crippen LogP contribution < -0.4 is 10.2 Å². The summed E-state index contributed by atoms with van der Waals surface area (Å²) >= 11 is 0. The molecule has 150 valence electrons. The van der Waals surface area contributed by atoms with E-state index in [-0.39, 0.29) is 28.9 Å². The zero-order valence-corrected chi connectivity index (χ0v) is 16.5. The van der Waals surface area contributed by atoms with Gasteiger partial charge in [0.2, 0.25) is 0 Å². The maximum atomic E-state index is 13.4. The van der Waals surface area contributed by atoms with Crippen LogP contribution in [0.5, 0.6) is 0 Å². The molecule has 0 atom stereocenters. The summed E-state index contributed by atoms with van der Waals surface area (Å²) in [6.07, 6.45) is 3.08. The molecule has 1 fully saturated rings. The Morgan fingerprint density at radius 2 is 1.59 bits per heavy atom. The van der Waals surface area contributed by atoms with Crippen molar-refractivity contribution in [2.45, 2.75) is 26.2 Å². The first-order valence-electron chi connectivity index (χ1n) is 10.1. The van der Waals surface area contributed by atoms with E-state index < -0.39 is 0 Å². The lowest BCUT2D eigenvalue weighted by atomic mass is 10.0. The van der Waals surface area contributed by atoms with Crippen molar-refractivity contribution in [2.24, 2.45) is 0 Å². The Morgan fingerprint density at radius 1 is 0.931 bits per heavy atom. The van der Waals surface area contributed by atoms with Gasteiger partial charge in [-0.25, -0.2) is 4.39 Å². The molecule has 2 aromatic carbocycles. The lowest BCUT2D eigenvalue weighted by Crippen LogP contribution is -2.33. The van der Waals surface area contributed by atoms with E-state index >= 15 is 0 Å². The SMILES string of the molecule is CCCN1C(=O)C(Nc2ccc(N3CCCC3)cc2)=C(c2ccc(F)cc2)C1=O. The van der Waals surface area contributed by atoms with Gasteiger partial charge in [0.1, 0.15) is 11.5 Å². The molecular weight excluding hydrogens is 369 g/mol. The first-order chi connectivity index (χ1) is 14.1. The van der Waals surface area contributed by atoms with Crippen LogP contribution in [0.25, 0.3) is 5.57 Å². The zero-order valence-electron chi connectivity index (χ0n) is 16.5. The van der Waals surface area contributed by atoms with Crippen LogP contribution in [0.4, 0.5) is 15.8 Å². The van der Waals surface area contributed by atoms with Gasteiger partial charge in [0.05, 0.1) is 5.57 Å². The Morgan fingerprint density at radius 3 is 2.21 bits per heavy atom. The van der Waals surface area contributed by atoms with Crippen molar-refractivity contribution in [3.63, 3.8) is 0 Å². The van der Waals surface area contributed by atoms with E-state index in [2.05, 4.69) is 10.2 Å². The molecule has 5 nitrogen and oxygen atoms in total. The predicted molar refractivity (Wildman–Crippen MR) is 112 cm³/mol. The van der Waals surface area contributed by atoms with Gasteiger partial charge >= 0.3 is 0 Å². The van der Waals surface area contributed by atoms with Crippen molar-refractivity contribution in [3.05, 3.63) is 65.6 Å². The number of rotatable bonds is 6. The first kappa shape index (κ1) is 19.2. The van der Waals surface area contributed by atoms with Crippen LogP contribution >= 0.6 is 0 Å². The van der Waals surface area contributed by atoms with E-state index in [4.69, 9.17) is 0 Å². The number of nitrogens with one attached hydrogen (secondary N) is 1. The number of amides is 2. The minimum Gasteiger partial charge on any atom is -0.372 e. The molecule has 2 aliphatic rings. The zero-order chi connectivity index (χ0) is 20.4. The van der Waals surface area contributed by atoms with Crippen LogP contribution in [-0.2, 0) is 9.59 Å². The van der Waals surface area contributed by atoms with Crippen molar-refractivity contribution < 1.29 is 14.0 Å². The fraction of sp³-hybridized carbons (Fsp3) is 0.304. The minimum absolute atomic E-state index is 0.240. The number of carbonyl (C=O) groups excluding carboxylic acids is 2. The molecule has 1 saturated heterocycles. The summed E-state index contributed by atoms with van der Waals surface area (Å²) in [5.41, 5.74) is 2.94. The van der Waals surface area contributed by atoms with E-state index in [0.29, 0.717) is 18.5 Å². The maximum Gasteiger partial charge on any atom is 0.278 e. The molecular formula is C23H24FN3O2. The predicted octanol–water partition coefficient (Wildman–Crippen LogP) is 4.03. The monoisotopic (exact) mass is 393 g/mol. The second-order valence-electron chi connectivity index (χ2n) is 7.38. The summed E-state index contributed by atoms with van der Waals surface area (Å²) in [6.45, 7) is 4.39. The summed E-state index contributed by atoms with van der Waals surface area (Å²) in [7, 11) is 0. The van der Waals surface area contributed by atoms with Gasteiger partial charge in [0.25, 0.3) is 11.8 Å². The summed E-state index contributed by atoms with van der Waals surface area (Å²) in [4.78, 5) is 29.4. The summed E-state index contributed by atoms with van der Waals surface area (Å²) in [5, 5.41) is 3.15. The average Bonchev–Trinajstić information content (AvgIpc) is 3.34. The molecule has 29 heavy (non-hydrogen) atoms. The largest absolute Gasteiger partial charge is 0.372 e. The molecule has 6 heteroatoms. The minimum atomic E-state index is -0.386. The average molecular weight is 393 g/mol. The van der Waals surface area contributed by atoms with E-state index in [9.17, 15) is 14.0 Å². The smallest absolute Gasteiger partial charge is 0.278 e. The molecule has 2 aromatic rings. The van der Waals surface area contributed by atoms with Crippen LogP contribution in [0.3, 0.4) is 0 Å². The van der Waals surface area contributed by atoms with E-state index in [1.165, 1.54) is 42.0 Å². The molecule has 2 heterocycles. The van der Waals surface area contributed by atoms with Crippen LogP contribution in [0.2, 0.25) is 0 Å². The number of nitrogens with zero attached hydrogens (tertiary/aromatic N) is 2. The number of anilines is 2. The number of carbonyl (C=O) groups is 2. The van der Waals surface area contributed by atoms with Crippen LogP contribution in [-0.4, -0.2) is 36.3 Å². The Bertz CT molecular complexity index is 945. The van der Waals surface area contributed by atoms with E-state index in [0.717, 1.165) is 24.5 Å². The Labute approximate surface area is 169 Å². The third-order valence-electron chi connectivity index (χ3n) is 5.36. The Hall–Kier alpha value is -3.15. The molecule has 1 N–H and O–H groups in total. The molecule has 2 amide bonds. The Kier molecular flexibility index (Phi) is 5.34. The van der Waals surface area contributed by atoms with Gasteiger partial charge < -0.3 is 10.2 Å². The van der Waals surface area contributed by atoms with Gasteiger partial charge in [-0.2, -0.15) is 0 Å². The highest BCUT2D eigenvalue weighted by Gasteiger charge is 2.38. The number of hydrogen-bond acceptors (Lipinski definition) is 4. The summed E-state index contributed by atoms with van der Waals surface area (Å²) in [6, 6.07) is 13.5. The lowest BCUT2D eigenvalue weighted by molar-refractivity contribution is -0.136. The second kappa shape index (κ2) is 8.07. The standard InChI is InChI=1S/C23H24FN3O2/c1-2-13-27-22(28)20(16-5-7-17(24)8-6-16)21(23(27)29)25-18-9-11-19(12-10-18)26-14-3-4-15-26/h5-12,25H,2-4,13-15H2,1H3. The summed E-state index contributed by atoms with van der Waals surface area (Å²) in [5.74, 6) is -1.08. The third kappa shape index (κ3) is 3.75. The number of benzene rings is 2. The second-order valence-corrected chi connectivity index (χ2v) is 7.38. The normalized spacial score (nSPS) is 16.9. The van der Waals surface area contributed by atoms with Crippen LogP contribution in [0.1, 0.15) is 31.7 Å². The topological polar surface area (TPSA) is 52.7 Å². The number of halogens is 1. The summed E-state index contributed by atoms with van der Waals surface area (Å²) < 4.78 is 13.4. The van der Waals surface area contributed by atoms with Gasteiger partial charge in [-0.1, -0.05) is 19.1 Å². The van der Waals surface area contributed by atoms with Crippen LogP contribution in [0, 0.1) is 5.82 Å².